The molecule has 1 heterocycles. The first-order valence-corrected chi connectivity index (χ1v) is 11.2. The van der Waals surface area contributed by atoms with Crippen LogP contribution in [0.25, 0.3) is 33.3 Å². The van der Waals surface area contributed by atoms with E-state index in [2.05, 4.69) is 32.9 Å². The van der Waals surface area contributed by atoms with Crippen molar-refractivity contribution in [2.24, 2.45) is 0 Å². The first-order valence-electron chi connectivity index (χ1n) is 9.76. The Bertz CT molecular complexity index is 1500. The summed E-state index contributed by atoms with van der Waals surface area (Å²) in [4.78, 5) is 17.6. The van der Waals surface area contributed by atoms with E-state index >= 15 is 0 Å². The minimum Gasteiger partial charge on any atom is -0.496 e. The van der Waals surface area contributed by atoms with Crippen LogP contribution in [0.5, 0.6) is 5.75 Å². The second-order valence-corrected chi connectivity index (χ2v) is 8.83. The molecule has 5 rings (SSSR count). The summed E-state index contributed by atoms with van der Waals surface area (Å²) in [6.07, 6.45) is 0. The van der Waals surface area contributed by atoms with Crippen molar-refractivity contribution in [1.82, 2.24) is 4.98 Å². The van der Waals surface area contributed by atoms with Crippen molar-refractivity contribution in [2.45, 2.75) is 0 Å². The molecule has 1 aromatic heterocycles. The molecule has 1 amide bonds. The van der Waals surface area contributed by atoms with E-state index in [1.165, 1.54) is 0 Å². The summed E-state index contributed by atoms with van der Waals surface area (Å²) in [6, 6.07) is 22.5. The smallest absolute Gasteiger partial charge is 0.259 e. The number of hydrogen-bond donors (Lipinski definition) is 1. The fourth-order valence-corrected chi connectivity index (χ4v) is 4.24. The highest BCUT2D eigenvalue weighted by atomic mass is 127. The molecule has 0 aliphatic rings. The van der Waals surface area contributed by atoms with Crippen molar-refractivity contribution in [3.05, 3.63) is 87.0 Å². The number of amides is 1. The number of halogens is 2. The minimum atomic E-state index is -0.267. The van der Waals surface area contributed by atoms with Gasteiger partial charge in [-0.3, -0.25) is 4.79 Å². The Kier molecular flexibility index (Phi) is 5.48. The second-order valence-electron chi connectivity index (χ2n) is 7.18. The Hall–Kier alpha value is -3.10. The number of benzene rings is 4. The maximum atomic E-state index is 13.0. The van der Waals surface area contributed by atoms with Crippen molar-refractivity contribution in [3.8, 4) is 17.2 Å². The number of hydrogen-bond acceptors (Lipinski definition) is 4. The zero-order chi connectivity index (χ0) is 22.2. The summed E-state index contributed by atoms with van der Waals surface area (Å²) in [7, 11) is 1.56. The SMILES string of the molecule is COc1cc2ccccc2cc1C(=O)Nc1ccc2oc(-c3cc(I)ccc3Cl)nc2c1. The molecule has 0 aliphatic heterocycles. The van der Waals surface area contributed by atoms with Crippen LogP contribution in [0.2, 0.25) is 5.02 Å². The van der Waals surface area contributed by atoms with Crippen LogP contribution in [0.15, 0.2) is 77.2 Å². The van der Waals surface area contributed by atoms with Gasteiger partial charge in [0, 0.05) is 9.26 Å². The summed E-state index contributed by atoms with van der Waals surface area (Å²) in [5.74, 6) is 0.679. The lowest BCUT2D eigenvalue weighted by Gasteiger charge is -2.11. The summed E-state index contributed by atoms with van der Waals surface area (Å²) in [5.41, 5.74) is 3.01. The van der Waals surface area contributed by atoms with Crippen molar-refractivity contribution < 1.29 is 13.9 Å². The summed E-state index contributed by atoms with van der Waals surface area (Å²) in [6.45, 7) is 0. The van der Waals surface area contributed by atoms with Crippen molar-refractivity contribution >= 4 is 67.7 Å². The van der Waals surface area contributed by atoms with Gasteiger partial charge in [0.25, 0.3) is 5.91 Å². The Morgan fingerprint density at radius 3 is 2.59 bits per heavy atom. The highest BCUT2D eigenvalue weighted by Gasteiger charge is 2.16. The summed E-state index contributed by atoms with van der Waals surface area (Å²) < 4.78 is 12.4. The van der Waals surface area contributed by atoms with Crippen LogP contribution in [-0.4, -0.2) is 18.0 Å². The first kappa shape index (κ1) is 20.8. The monoisotopic (exact) mass is 554 g/mol. The van der Waals surface area contributed by atoms with Gasteiger partial charge in [0.15, 0.2) is 5.58 Å². The van der Waals surface area contributed by atoms with E-state index in [1.54, 1.807) is 25.3 Å². The molecule has 1 N–H and O–H groups in total. The number of anilines is 1. The standard InChI is InChI=1S/C25H16ClIN2O3/c1-31-23-11-15-5-3-2-4-14(15)10-19(23)24(30)28-17-7-9-22-21(13-17)29-25(32-22)18-12-16(27)6-8-20(18)26/h2-13H,1H3,(H,28,30). The molecule has 0 aliphatic carbocycles. The Balaban J connectivity index is 1.47. The molecule has 0 saturated heterocycles. The number of carbonyl (C=O) groups is 1. The highest BCUT2D eigenvalue weighted by molar-refractivity contribution is 14.1. The maximum Gasteiger partial charge on any atom is 0.259 e. The van der Waals surface area contributed by atoms with Crippen LogP contribution in [-0.2, 0) is 0 Å². The van der Waals surface area contributed by atoms with Crippen LogP contribution in [0.3, 0.4) is 0 Å². The van der Waals surface area contributed by atoms with E-state index in [-0.39, 0.29) is 5.91 Å². The van der Waals surface area contributed by atoms with Gasteiger partial charge in [-0.2, -0.15) is 0 Å². The Labute approximate surface area is 202 Å². The molecule has 0 unspecified atom stereocenters. The minimum absolute atomic E-state index is 0.267. The van der Waals surface area contributed by atoms with Gasteiger partial charge in [0.2, 0.25) is 5.89 Å². The predicted molar refractivity (Wildman–Crippen MR) is 136 cm³/mol. The van der Waals surface area contributed by atoms with Gasteiger partial charge in [-0.25, -0.2) is 4.98 Å². The largest absolute Gasteiger partial charge is 0.496 e. The molecule has 5 nitrogen and oxygen atoms in total. The molecule has 0 atom stereocenters. The lowest BCUT2D eigenvalue weighted by Crippen LogP contribution is -2.13. The maximum absolute atomic E-state index is 13.0. The third-order valence-corrected chi connectivity index (χ3v) is 6.12. The van der Waals surface area contributed by atoms with E-state index in [0.29, 0.717) is 39.0 Å². The normalized spacial score (nSPS) is 11.1. The quantitative estimate of drug-likeness (QED) is 0.239. The highest BCUT2D eigenvalue weighted by Crippen LogP contribution is 2.32. The van der Waals surface area contributed by atoms with Crippen LogP contribution in [0.4, 0.5) is 5.69 Å². The van der Waals surface area contributed by atoms with Crippen LogP contribution in [0.1, 0.15) is 10.4 Å². The van der Waals surface area contributed by atoms with E-state index in [1.807, 2.05) is 54.6 Å². The number of aromatic nitrogens is 1. The van der Waals surface area contributed by atoms with Crippen molar-refractivity contribution in [3.63, 3.8) is 0 Å². The topological polar surface area (TPSA) is 64.4 Å². The number of rotatable bonds is 4. The second kappa shape index (κ2) is 8.44. The number of oxazole rings is 1. The molecule has 5 aromatic rings. The average Bonchev–Trinajstić information content (AvgIpc) is 3.22. The molecule has 7 heteroatoms. The van der Waals surface area contributed by atoms with Gasteiger partial charge >= 0.3 is 0 Å². The fourth-order valence-electron chi connectivity index (χ4n) is 3.55. The van der Waals surface area contributed by atoms with Gasteiger partial charge in [-0.05, 0) is 81.9 Å². The molecule has 32 heavy (non-hydrogen) atoms. The average molecular weight is 555 g/mol. The van der Waals surface area contributed by atoms with Gasteiger partial charge in [-0.15, -0.1) is 0 Å². The van der Waals surface area contributed by atoms with Gasteiger partial charge in [0.05, 0.1) is 23.3 Å². The summed E-state index contributed by atoms with van der Waals surface area (Å²) >= 11 is 8.54. The number of ether oxygens (including phenoxy) is 1. The Morgan fingerprint density at radius 2 is 1.81 bits per heavy atom. The van der Waals surface area contributed by atoms with Crippen LogP contribution in [0, 0.1) is 3.57 Å². The van der Waals surface area contributed by atoms with Gasteiger partial charge in [-0.1, -0.05) is 35.9 Å². The van der Waals surface area contributed by atoms with Crippen molar-refractivity contribution in [2.75, 3.05) is 12.4 Å². The third-order valence-electron chi connectivity index (χ3n) is 5.12. The van der Waals surface area contributed by atoms with Crippen molar-refractivity contribution in [1.29, 1.82) is 0 Å². The number of nitrogens with zero attached hydrogens (tertiary/aromatic N) is 1. The lowest BCUT2D eigenvalue weighted by atomic mass is 10.1. The molecule has 0 saturated carbocycles. The van der Waals surface area contributed by atoms with E-state index in [9.17, 15) is 4.79 Å². The fraction of sp³-hybridized carbons (Fsp3) is 0.0400. The molecular formula is C25H16ClIN2O3. The Morgan fingerprint density at radius 1 is 1.03 bits per heavy atom. The van der Waals surface area contributed by atoms with E-state index in [4.69, 9.17) is 20.8 Å². The molecule has 0 spiro atoms. The van der Waals surface area contributed by atoms with Gasteiger partial charge in [0.1, 0.15) is 11.3 Å². The molecular weight excluding hydrogens is 539 g/mol. The third kappa shape index (κ3) is 3.91. The van der Waals surface area contributed by atoms with Crippen LogP contribution >= 0.6 is 34.2 Å². The molecule has 0 radical (unpaired) electrons. The predicted octanol–water partition coefficient (Wildman–Crippen LogP) is 7.17. The molecule has 158 valence electrons. The first-order chi connectivity index (χ1) is 15.5. The number of nitrogens with one attached hydrogen (secondary N) is 1. The summed E-state index contributed by atoms with van der Waals surface area (Å²) in [5, 5.41) is 5.46. The number of fused-ring (bicyclic) bond motifs is 2. The van der Waals surface area contributed by atoms with Gasteiger partial charge < -0.3 is 14.5 Å². The van der Waals surface area contributed by atoms with E-state index < -0.39 is 0 Å². The lowest BCUT2D eigenvalue weighted by molar-refractivity contribution is 0.102. The molecule has 0 fully saturated rings. The van der Waals surface area contributed by atoms with Crippen LogP contribution < -0.4 is 10.1 Å². The zero-order valence-corrected chi connectivity index (χ0v) is 19.8. The number of methoxy groups -OCH3 is 1. The number of carbonyl (C=O) groups excluding carboxylic acids is 1. The zero-order valence-electron chi connectivity index (χ0n) is 16.9. The molecule has 4 aromatic carbocycles. The molecule has 0 bridgehead atoms. The van der Waals surface area contributed by atoms with E-state index in [0.717, 1.165) is 19.9 Å².